The van der Waals surface area contributed by atoms with Crippen molar-refractivity contribution in [2.24, 2.45) is 5.92 Å². The van der Waals surface area contributed by atoms with Crippen LogP contribution < -0.4 is 21.9 Å². The lowest BCUT2D eigenvalue weighted by atomic mass is 9.83. The number of hydrogen-bond acceptors (Lipinski definition) is 4. The fourth-order valence-electron chi connectivity index (χ4n) is 4.89. The Hall–Kier alpha value is -2.38. The number of quaternary nitrogens is 1. The molecule has 0 spiro atoms. The van der Waals surface area contributed by atoms with Crippen molar-refractivity contribution in [1.29, 1.82) is 0 Å². The van der Waals surface area contributed by atoms with Crippen LogP contribution in [-0.4, -0.2) is 55.4 Å². The summed E-state index contributed by atoms with van der Waals surface area (Å²) >= 11 is 0. The van der Waals surface area contributed by atoms with Crippen molar-refractivity contribution in [3.8, 4) is 0 Å². The predicted molar refractivity (Wildman–Crippen MR) is 118 cm³/mol. The van der Waals surface area contributed by atoms with E-state index in [9.17, 15) is 9.59 Å². The monoisotopic (exact) mass is 502 g/mol. The number of esters is 1. The highest BCUT2D eigenvalue weighted by atomic mass is 79.9. The van der Waals surface area contributed by atoms with Gasteiger partial charge in [0.25, 0.3) is 0 Å². The number of ether oxygens (including phenoxy) is 2. The number of amides is 1. The van der Waals surface area contributed by atoms with Gasteiger partial charge in [-0.2, -0.15) is 0 Å². The molecule has 0 saturated carbocycles. The van der Waals surface area contributed by atoms with Crippen LogP contribution in [0.15, 0.2) is 60.7 Å². The molecule has 0 aliphatic carbocycles. The highest BCUT2D eigenvalue weighted by Crippen LogP contribution is 2.36. The molecule has 3 aliphatic rings. The molecule has 0 aromatic heterocycles. The van der Waals surface area contributed by atoms with Crippen LogP contribution in [0.2, 0.25) is 0 Å². The molecule has 5 rings (SSSR count). The maximum atomic E-state index is 13.3. The van der Waals surface area contributed by atoms with Crippen molar-refractivity contribution in [2.45, 2.75) is 32.4 Å². The molecule has 0 unspecified atom stereocenters. The lowest BCUT2D eigenvalue weighted by Crippen LogP contribution is -3.00. The summed E-state index contributed by atoms with van der Waals surface area (Å²) in [6, 6.07) is 19.6. The molecule has 172 valence electrons. The Kier molecular flexibility index (Phi) is 8.32. The normalized spacial score (nSPS) is 23.7. The summed E-state index contributed by atoms with van der Waals surface area (Å²) in [5, 5.41) is 0. The van der Waals surface area contributed by atoms with Gasteiger partial charge in [-0.25, -0.2) is 9.59 Å². The number of rotatable bonds is 7. The van der Waals surface area contributed by atoms with E-state index in [-0.39, 0.29) is 35.1 Å². The third-order valence-electron chi connectivity index (χ3n) is 6.54. The van der Waals surface area contributed by atoms with Crippen LogP contribution in [0.4, 0.5) is 10.5 Å². The van der Waals surface area contributed by atoms with E-state index in [1.54, 1.807) is 4.90 Å². The van der Waals surface area contributed by atoms with Gasteiger partial charge in [-0.05, 0) is 24.6 Å². The minimum atomic E-state index is -0.330. The largest absolute Gasteiger partial charge is 1.00 e. The number of piperidine rings is 3. The van der Waals surface area contributed by atoms with Gasteiger partial charge in [0.05, 0.1) is 26.2 Å². The molecule has 1 atom stereocenters. The Labute approximate surface area is 200 Å². The molecule has 3 fully saturated rings. The number of fused-ring (bicyclic) bond motifs is 3. The average Bonchev–Trinajstić information content (AvgIpc) is 2.79. The first kappa shape index (κ1) is 24.3. The summed E-state index contributed by atoms with van der Waals surface area (Å²) < 4.78 is 12.0. The van der Waals surface area contributed by atoms with Crippen molar-refractivity contribution in [2.75, 3.05) is 37.7 Å². The molecule has 0 radical (unpaired) electrons. The highest BCUT2D eigenvalue weighted by Gasteiger charge is 2.49. The molecule has 1 amide bonds. The fraction of sp³-hybridized carbons (Fsp3) is 0.440. The molecule has 2 aromatic carbocycles. The maximum absolute atomic E-state index is 13.3. The molecule has 3 saturated heterocycles. The van der Waals surface area contributed by atoms with Crippen molar-refractivity contribution < 1.29 is 40.5 Å². The van der Waals surface area contributed by atoms with E-state index in [1.807, 2.05) is 67.6 Å². The highest BCUT2D eigenvalue weighted by molar-refractivity contribution is 5.87. The van der Waals surface area contributed by atoms with E-state index in [0.29, 0.717) is 36.6 Å². The second kappa shape index (κ2) is 11.0. The average molecular weight is 503 g/mol. The van der Waals surface area contributed by atoms with E-state index < -0.39 is 0 Å². The first-order valence-electron chi connectivity index (χ1n) is 11.2. The number of anilines is 1. The second-order valence-corrected chi connectivity index (χ2v) is 8.60. The molecule has 3 heterocycles. The van der Waals surface area contributed by atoms with Crippen LogP contribution >= 0.6 is 0 Å². The predicted octanol–water partition coefficient (Wildman–Crippen LogP) is 1.01. The molecule has 0 N–H and O–H groups in total. The van der Waals surface area contributed by atoms with Crippen molar-refractivity contribution in [3.63, 3.8) is 0 Å². The van der Waals surface area contributed by atoms with Gasteiger partial charge < -0.3 is 30.9 Å². The van der Waals surface area contributed by atoms with Crippen LogP contribution in [0.1, 0.15) is 25.3 Å². The van der Waals surface area contributed by atoms with E-state index in [1.165, 1.54) is 0 Å². The van der Waals surface area contributed by atoms with Crippen LogP contribution in [0, 0.1) is 5.92 Å². The van der Waals surface area contributed by atoms with Crippen LogP contribution in [0.25, 0.3) is 0 Å². The zero-order valence-electron chi connectivity index (χ0n) is 18.5. The van der Waals surface area contributed by atoms with Crippen LogP contribution in [0.3, 0.4) is 0 Å². The Morgan fingerprint density at radius 3 is 2.25 bits per heavy atom. The summed E-state index contributed by atoms with van der Waals surface area (Å²) in [6.07, 6.45) is 1.44. The quantitative estimate of drug-likeness (QED) is 0.418. The molecule has 3 aliphatic heterocycles. The lowest BCUT2D eigenvalue weighted by molar-refractivity contribution is -0.939. The molecule has 2 bridgehead atoms. The Morgan fingerprint density at radius 2 is 1.62 bits per heavy atom. The minimum absolute atomic E-state index is 0. The van der Waals surface area contributed by atoms with E-state index in [2.05, 4.69) is 0 Å². The SMILES string of the molecule is CCOC(=O)C[N+]12CCC(CC1)[C@@H](OC(=O)N(Cc1ccccc1)c1ccccc1)C2.[Br-]. The fourth-order valence-corrected chi connectivity index (χ4v) is 4.89. The van der Waals surface area contributed by atoms with Gasteiger partial charge in [-0.3, -0.25) is 4.90 Å². The van der Waals surface area contributed by atoms with Crippen molar-refractivity contribution in [1.82, 2.24) is 0 Å². The zero-order valence-corrected chi connectivity index (χ0v) is 20.1. The topological polar surface area (TPSA) is 55.8 Å². The van der Waals surface area contributed by atoms with Crippen LogP contribution in [0.5, 0.6) is 0 Å². The molecule has 6 nitrogen and oxygen atoms in total. The van der Waals surface area contributed by atoms with Crippen LogP contribution in [-0.2, 0) is 20.8 Å². The molecular formula is C25H31BrN2O4. The van der Waals surface area contributed by atoms with Gasteiger partial charge >= 0.3 is 12.1 Å². The van der Waals surface area contributed by atoms with Gasteiger partial charge in [0.2, 0.25) is 0 Å². The summed E-state index contributed by atoms with van der Waals surface area (Å²) in [6.45, 7) is 5.61. The van der Waals surface area contributed by atoms with Gasteiger partial charge in [-0.1, -0.05) is 48.5 Å². The maximum Gasteiger partial charge on any atom is 0.415 e. The van der Waals surface area contributed by atoms with E-state index >= 15 is 0 Å². The standard InChI is InChI=1S/C25H31N2O4.BrH/c1-2-30-24(28)19-27-15-13-21(14-16-27)23(18-27)31-25(29)26(22-11-7-4-8-12-22)17-20-9-5-3-6-10-20;/h3-12,21,23H,2,13-19H2,1H3;1H/q+1;/p-1/t21?,23-,27?;/m0./s1. The number of carbonyl (C=O) groups excluding carboxylic acids is 2. The van der Waals surface area contributed by atoms with Crippen molar-refractivity contribution >= 4 is 17.7 Å². The summed E-state index contributed by atoms with van der Waals surface area (Å²) in [5.74, 6) is 0.198. The number of hydrogen-bond donors (Lipinski definition) is 0. The third kappa shape index (κ3) is 5.70. The van der Waals surface area contributed by atoms with E-state index in [0.717, 1.165) is 37.2 Å². The smallest absolute Gasteiger partial charge is 0.415 e. The van der Waals surface area contributed by atoms with Gasteiger partial charge in [0, 0.05) is 24.4 Å². The van der Waals surface area contributed by atoms with Gasteiger partial charge in [0.15, 0.2) is 12.6 Å². The summed E-state index contributed by atoms with van der Waals surface area (Å²) in [7, 11) is 0. The number of carbonyl (C=O) groups is 2. The molecule has 2 aromatic rings. The van der Waals surface area contributed by atoms with Gasteiger partial charge in [-0.15, -0.1) is 0 Å². The Balaban J connectivity index is 0.00000289. The molecular weight excluding hydrogens is 472 g/mol. The number of para-hydroxylation sites is 1. The number of benzene rings is 2. The lowest BCUT2D eigenvalue weighted by Gasteiger charge is -2.51. The first-order chi connectivity index (χ1) is 15.1. The first-order valence-corrected chi connectivity index (χ1v) is 11.2. The summed E-state index contributed by atoms with van der Waals surface area (Å²) in [4.78, 5) is 27.2. The number of halogens is 1. The Bertz CT molecular complexity index is 885. The third-order valence-corrected chi connectivity index (χ3v) is 6.54. The Morgan fingerprint density at radius 1 is 1.00 bits per heavy atom. The molecule has 32 heavy (non-hydrogen) atoms. The second-order valence-electron chi connectivity index (χ2n) is 8.60. The number of nitrogens with zero attached hydrogens (tertiary/aromatic N) is 2. The van der Waals surface area contributed by atoms with Crippen molar-refractivity contribution in [3.05, 3.63) is 66.2 Å². The summed E-state index contributed by atoms with van der Waals surface area (Å²) in [5.41, 5.74) is 1.86. The molecule has 7 heteroatoms. The zero-order chi connectivity index (χ0) is 21.7. The van der Waals surface area contributed by atoms with E-state index in [4.69, 9.17) is 9.47 Å². The minimum Gasteiger partial charge on any atom is -1.00 e. The van der Waals surface area contributed by atoms with Gasteiger partial charge in [0.1, 0.15) is 6.54 Å².